The molecule has 0 aromatic heterocycles. The van der Waals surface area contributed by atoms with E-state index in [0.29, 0.717) is 0 Å². The van der Waals surface area contributed by atoms with Crippen LogP contribution in [0.15, 0.2) is 24.3 Å². The van der Waals surface area contributed by atoms with Crippen LogP contribution in [-0.2, 0) is 6.42 Å². The van der Waals surface area contributed by atoms with Gasteiger partial charge in [0.15, 0.2) is 0 Å². The fraction of sp³-hybridized carbons (Fsp3) is 0.455. The molecule has 0 aliphatic heterocycles. The Balaban J connectivity index is 0.000000921. The van der Waals surface area contributed by atoms with Gasteiger partial charge in [-0.1, -0.05) is 53.5 Å². The maximum Gasteiger partial charge on any atom is 0.0668 e. The molecule has 1 rings (SSSR count). The second-order valence-electron chi connectivity index (χ2n) is 2.72. The van der Waals surface area contributed by atoms with Crippen molar-refractivity contribution < 1.29 is 4.89 Å². The van der Waals surface area contributed by atoms with Crippen molar-refractivity contribution >= 4 is 33.3 Å². The molecule has 2 atom stereocenters. The molecule has 86 valence electrons. The first kappa shape index (κ1) is 15.4. The van der Waals surface area contributed by atoms with Crippen LogP contribution in [0.4, 0.5) is 0 Å². The van der Waals surface area contributed by atoms with E-state index in [9.17, 15) is 4.89 Å². The minimum atomic E-state index is -0.951. The normalized spacial score (nSPS) is 11.5. The van der Waals surface area contributed by atoms with E-state index in [4.69, 9.17) is 0 Å². The summed E-state index contributed by atoms with van der Waals surface area (Å²) in [5, 5.41) is 1.07. The highest BCUT2D eigenvalue weighted by atomic mass is 32.7. The van der Waals surface area contributed by atoms with Gasteiger partial charge in [-0.3, -0.25) is 0 Å². The summed E-state index contributed by atoms with van der Waals surface area (Å²) < 4.78 is 0. The van der Waals surface area contributed by atoms with Gasteiger partial charge in [0.05, 0.1) is 8.15 Å². The fourth-order valence-electron chi connectivity index (χ4n) is 1.05. The van der Waals surface area contributed by atoms with Crippen LogP contribution >= 0.6 is 28.0 Å². The highest BCUT2D eigenvalue weighted by molar-refractivity contribution is 8.45. The van der Waals surface area contributed by atoms with Gasteiger partial charge in [0.2, 0.25) is 0 Å². The Morgan fingerprint density at radius 1 is 1.27 bits per heavy atom. The van der Waals surface area contributed by atoms with E-state index in [2.05, 4.69) is 27.5 Å². The summed E-state index contributed by atoms with van der Waals surface area (Å²) in [6.45, 7) is 6.13. The maximum absolute atomic E-state index is 9.71. The molecule has 0 saturated carbocycles. The van der Waals surface area contributed by atoms with Gasteiger partial charge < -0.3 is 4.89 Å². The number of hydrogen-bond acceptors (Lipinski definition) is 2. The lowest BCUT2D eigenvalue weighted by atomic mass is 10.2. The van der Waals surface area contributed by atoms with Gasteiger partial charge in [0.1, 0.15) is 0 Å². The lowest BCUT2D eigenvalue weighted by molar-refractivity contribution is 0.640. The first-order valence-corrected chi connectivity index (χ1v) is 9.09. The fourth-order valence-corrected chi connectivity index (χ4v) is 3.97. The summed E-state index contributed by atoms with van der Waals surface area (Å²) in [6, 6.07) is 8.25. The Morgan fingerprint density at radius 3 is 2.20 bits per heavy atom. The van der Waals surface area contributed by atoms with E-state index in [1.807, 2.05) is 26.0 Å². The van der Waals surface area contributed by atoms with E-state index < -0.39 is 8.15 Å². The third-order valence-corrected chi connectivity index (χ3v) is 5.65. The Kier molecular flexibility index (Phi) is 9.85. The van der Waals surface area contributed by atoms with Gasteiger partial charge in [-0.25, -0.2) is 0 Å². The molecule has 0 amide bonds. The Morgan fingerprint density at radius 2 is 1.80 bits per heavy atom. The molecule has 1 aromatic carbocycles. The van der Waals surface area contributed by atoms with Gasteiger partial charge in [-0.2, -0.15) is 0 Å². The van der Waals surface area contributed by atoms with E-state index in [-0.39, 0.29) is 0 Å². The van der Waals surface area contributed by atoms with Crippen LogP contribution in [0.1, 0.15) is 26.3 Å². The summed E-state index contributed by atoms with van der Waals surface area (Å²) >= 11 is 1.61. The van der Waals surface area contributed by atoms with Crippen LogP contribution in [0.25, 0.3) is 0 Å². The predicted molar refractivity (Wildman–Crippen MR) is 78.1 cm³/mol. The molecule has 0 heterocycles. The van der Waals surface area contributed by atoms with Crippen LogP contribution in [0, 0.1) is 0 Å². The van der Waals surface area contributed by atoms with Crippen LogP contribution in [0.3, 0.4) is 0 Å². The van der Waals surface area contributed by atoms with E-state index in [1.165, 1.54) is 5.56 Å². The van der Waals surface area contributed by atoms with E-state index >= 15 is 0 Å². The second kappa shape index (κ2) is 9.60. The maximum atomic E-state index is 9.71. The quantitative estimate of drug-likeness (QED) is 0.833. The molecule has 1 nitrogen and oxygen atoms in total. The van der Waals surface area contributed by atoms with E-state index in [1.54, 1.807) is 11.4 Å². The van der Waals surface area contributed by atoms with Crippen molar-refractivity contribution in [1.29, 1.82) is 0 Å². The average Bonchev–Trinajstić information content (AvgIpc) is 2.32. The molecule has 0 aliphatic rings. The first-order chi connectivity index (χ1) is 7.27. The molecule has 1 aromatic rings. The predicted octanol–water partition coefficient (Wildman–Crippen LogP) is 3.77. The van der Waals surface area contributed by atoms with Crippen molar-refractivity contribution in [3.63, 3.8) is 0 Å². The summed E-state index contributed by atoms with van der Waals surface area (Å²) in [7, 11) is 1.61. The molecule has 15 heavy (non-hydrogen) atoms. The lowest BCUT2D eigenvalue weighted by Gasteiger charge is -2.08. The monoisotopic (exact) mass is 262 g/mol. The standard InChI is InChI=1S/C9H14OP2S.C2H6/c1-2-8-3-5-9(6-4-8)12(10)7-13-11;1-2/h3-6,10H,2,7,11H2,1H3;1-2H3. The number of benzene rings is 1. The smallest absolute Gasteiger partial charge is 0.0668 e. The minimum absolute atomic E-state index is 0.797. The second-order valence-corrected chi connectivity index (χ2v) is 6.40. The third kappa shape index (κ3) is 5.88. The minimum Gasteiger partial charge on any atom is -0.368 e. The largest absolute Gasteiger partial charge is 0.368 e. The molecule has 1 N–H and O–H groups in total. The van der Waals surface area contributed by atoms with Gasteiger partial charge in [0, 0.05) is 10.8 Å². The molecule has 0 bridgehead atoms. The summed E-state index contributed by atoms with van der Waals surface area (Å²) in [5.41, 5.74) is 2.12. The zero-order valence-electron chi connectivity index (χ0n) is 9.60. The summed E-state index contributed by atoms with van der Waals surface area (Å²) in [4.78, 5) is 9.71. The van der Waals surface area contributed by atoms with Crippen molar-refractivity contribution in [3.8, 4) is 0 Å². The molecule has 4 heteroatoms. The molecule has 0 aliphatic carbocycles. The first-order valence-electron chi connectivity index (χ1n) is 5.15. The Labute approximate surface area is 101 Å². The molecule has 0 radical (unpaired) electrons. The van der Waals surface area contributed by atoms with Crippen LogP contribution in [-0.4, -0.2) is 10.4 Å². The summed E-state index contributed by atoms with van der Waals surface area (Å²) in [6.07, 6.45) is 1.06. The van der Waals surface area contributed by atoms with Crippen LogP contribution in [0.5, 0.6) is 0 Å². The summed E-state index contributed by atoms with van der Waals surface area (Å²) in [5.74, 6) is 0. The highest BCUT2D eigenvalue weighted by Crippen LogP contribution is 2.35. The van der Waals surface area contributed by atoms with Crippen LogP contribution in [0.2, 0.25) is 0 Å². The van der Waals surface area contributed by atoms with Crippen molar-refractivity contribution in [1.82, 2.24) is 0 Å². The Bertz CT molecular complexity index is 251. The zero-order chi connectivity index (χ0) is 11.7. The Hall–Kier alpha value is 0.390. The van der Waals surface area contributed by atoms with Gasteiger partial charge >= 0.3 is 0 Å². The zero-order valence-corrected chi connectivity index (χ0v) is 12.5. The molecule has 0 saturated heterocycles. The lowest BCUT2D eigenvalue weighted by Crippen LogP contribution is -2.00. The topological polar surface area (TPSA) is 20.2 Å². The molecular formula is C11H20OP2S. The van der Waals surface area contributed by atoms with Gasteiger partial charge in [-0.05, 0) is 12.0 Å². The van der Waals surface area contributed by atoms with Gasteiger partial charge in [-0.15, -0.1) is 11.4 Å². The number of aryl methyl sites for hydroxylation is 1. The molecule has 0 fully saturated rings. The van der Waals surface area contributed by atoms with Crippen molar-refractivity contribution in [2.24, 2.45) is 0 Å². The average molecular weight is 262 g/mol. The third-order valence-electron chi connectivity index (χ3n) is 1.84. The van der Waals surface area contributed by atoms with E-state index in [0.717, 1.165) is 17.2 Å². The van der Waals surface area contributed by atoms with Crippen molar-refractivity contribution in [2.45, 2.75) is 27.2 Å². The SMILES string of the molecule is CC.CCc1ccc(P(O)CSP)cc1. The van der Waals surface area contributed by atoms with Crippen molar-refractivity contribution in [3.05, 3.63) is 29.8 Å². The number of rotatable bonds is 4. The van der Waals surface area contributed by atoms with Crippen molar-refractivity contribution in [2.75, 3.05) is 5.49 Å². The molecular weight excluding hydrogens is 242 g/mol. The van der Waals surface area contributed by atoms with Crippen LogP contribution < -0.4 is 5.30 Å². The molecule has 2 unspecified atom stereocenters. The van der Waals surface area contributed by atoms with Gasteiger partial charge in [0.25, 0.3) is 0 Å². The number of hydrogen-bond donors (Lipinski definition) is 1. The highest BCUT2D eigenvalue weighted by Gasteiger charge is 2.05. The molecule has 0 spiro atoms.